The summed E-state index contributed by atoms with van der Waals surface area (Å²) in [6, 6.07) is 4.49. The molecule has 110 valence electrons. The lowest BCUT2D eigenvalue weighted by molar-refractivity contribution is 0.598. The third-order valence-corrected chi connectivity index (χ3v) is 5.58. The third-order valence-electron chi connectivity index (χ3n) is 2.98. The van der Waals surface area contributed by atoms with E-state index in [2.05, 4.69) is 4.72 Å². The van der Waals surface area contributed by atoms with Crippen molar-refractivity contribution in [3.8, 4) is 6.07 Å². The highest BCUT2D eigenvalue weighted by Crippen LogP contribution is 2.31. The second kappa shape index (κ2) is 5.35. The molecule has 0 aliphatic carbocycles. The van der Waals surface area contributed by atoms with Gasteiger partial charge in [0.25, 0.3) is 10.0 Å². The molecule has 0 atom stereocenters. The maximum atomic E-state index is 13.5. The Hall–Kier alpha value is -2.11. The van der Waals surface area contributed by atoms with Crippen molar-refractivity contribution in [1.29, 1.82) is 5.26 Å². The Bertz CT molecular complexity index is 851. The van der Waals surface area contributed by atoms with E-state index >= 15 is 0 Å². The molecule has 0 fully saturated rings. The quantitative estimate of drug-likeness (QED) is 0.848. The molecule has 2 rings (SSSR count). The fourth-order valence-corrected chi connectivity index (χ4v) is 4.55. The van der Waals surface area contributed by atoms with Crippen LogP contribution < -0.4 is 10.5 Å². The number of thiophene rings is 1. The normalized spacial score (nSPS) is 11.1. The van der Waals surface area contributed by atoms with E-state index in [-0.39, 0.29) is 32.3 Å². The molecule has 0 saturated carbocycles. The van der Waals surface area contributed by atoms with Crippen molar-refractivity contribution in [1.82, 2.24) is 0 Å². The maximum Gasteiger partial charge on any atom is 0.263 e. The number of nitrogens with zero attached hydrogens (tertiary/aromatic N) is 1. The minimum Gasteiger partial charge on any atom is -0.396 e. The highest BCUT2D eigenvalue weighted by Gasteiger charge is 2.24. The zero-order valence-corrected chi connectivity index (χ0v) is 12.9. The van der Waals surface area contributed by atoms with Crippen LogP contribution in [0.3, 0.4) is 0 Å². The van der Waals surface area contributed by atoms with Crippen LogP contribution in [-0.4, -0.2) is 8.42 Å². The first-order chi connectivity index (χ1) is 9.77. The lowest BCUT2D eigenvalue weighted by Gasteiger charge is -2.14. The highest BCUT2D eigenvalue weighted by molar-refractivity contribution is 7.93. The van der Waals surface area contributed by atoms with E-state index in [0.29, 0.717) is 0 Å². The van der Waals surface area contributed by atoms with Crippen LogP contribution in [0.5, 0.6) is 0 Å². The number of hydrogen-bond donors (Lipinski definition) is 2. The Balaban J connectivity index is 2.56. The van der Waals surface area contributed by atoms with Gasteiger partial charge in [0, 0.05) is 0 Å². The topological polar surface area (TPSA) is 96.0 Å². The molecule has 3 N–H and O–H groups in total. The molecule has 0 aliphatic rings. The van der Waals surface area contributed by atoms with E-state index in [0.717, 1.165) is 17.4 Å². The number of halogens is 1. The van der Waals surface area contributed by atoms with Gasteiger partial charge in [-0.3, -0.25) is 4.72 Å². The summed E-state index contributed by atoms with van der Waals surface area (Å²) in [6.07, 6.45) is 0. The first-order valence-corrected chi connectivity index (χ1v) is 8.19. The lowest BCUT2D eigenvalue weighted by atomic mass is 10.1. The Kier molecular flexibility index (Phi) is 3.89. The average Bonchev–Trinajstić information content (AvgIpc) is 2.82. The van der Waals surface area contributed by atoms with E-state index in [9.17, 15) is 12.8 Å². The summed E-state index contributed by atoms with van der Waals surface area (Å²) in [7, 11) is -3.95. The summed E-state index contributed by atoms with van der Waals surface area (Å²) >= 11 is 1.10. The molecular weight excluding hydrogens is 313 g/mol. The van der Waals surface area contributed by atoms with Gasteiger partial charge in [0.1, 0.15) is 16.9 Å². The van der Waals surface area contributed by atoms with Crippen molar-refractivity contribution >= 4 is 32.0 Å². The van der Waals surface area contributed by atoms with Gasteiger partial charge in [0.15, 0.2) is 0 Å². The van der Waals surface area contributed by atoms with Crippen molar-refractivity contribution < 1.29 is 12.8 Å². The predicted octanol–water partition coefficient (Wildman–Crippen LogP) is 2.76. The molecule has 8 heteroatoms. The van der Waals surface area contributed by atoms with Crippen LogP contribution in [0.4, 0.5) is 15.1 Å². The first kappa shape index (κ1) is 15.3. The molecule has 0 aliphatic heterocycles. The SMILES string of the molecule is Cc1cc(F)c(N)c(C)c1S(=O)(=O)Nc1sccc1C#N. The Morgan fingerprint density at radius 1 is 1.43 bits per heavy atom. The molecule has 1 aromatic carbocycles. The first-order valence-electron chi connectivity index (χ1n) is 5.83. The summed E-state index contributed by atoms with van der Waals surface area (Å²) in [5.41, 5.74) is 5.99. The Labute approximate surface area is 125 Å². The number of sulfonamides is 1. The minimum atomic E-state index is -3.95. The van der Waals surface area contributed by atoms with Gasteiger partial charge in [-0.05, 0) is 42.5 Å². The number of nitrogen functional groups attached to an aromatic ring is 1. The molecule has 0 radical (unpaired) electrons. The standard InChI is InChI=1S/C13H12FN3O2S2/c1-7-5-10(14)11(16)8(2)12(7)21(18,19)17-13-9(6-15)3-4-20-13/h3-5,17H,16H2,1-2H3. The van der Waals surface area contributed by atoms with E-state index in [1.54, 1.807) is 5.38 Å². The van der Waals surface area contributed by atoms with Crippen LogP contribution in [0.15, 0.2) is 22.4 Å². The second-order valence-electron chi connectivity index (χ2n) is 4.42. The number of nitrogens with two attached hydrogens (primary N) is 1. The number of nitriles is 1. The number of rotatable bonds is 3. The molecule has 1 aromatic heterocycles. The van der Waals surface area contributed by atoms with Gasteiger partial charge in [0.2, 0.25) is 0 Å². The fourth-order valence-electron chi connectivity index (χ4n) is 1.99. The Morgan fingerprint density at radius 2 is 2.10 bits per heavy atom. The lowest BCUT2D eigenvalue weighted by Crippen LogP contribution is -2.17. The van der Waals surface area contributed by atoms with Crippen LogP contribution in [0.1, 0.15) is 16.7 Å². The molecule has 0 saturated heterocycles. The van der Waals surface area contributed by atoms with Gasteiger partial charge in [-0.2, -0.15) is 5.26 Å². The number of anilines is 2. The van der Waals surface area contributed by atoms with Crippen LogP contribution in [0.2, 0.25) is 0 Å². The van der Waals surface area contributed by atoms with Crippen LogP contribution in [0.25, 0.3) is 0 Å². The van der Waals surface area contributed by atoms with Crippen LogP contribution >= 0.6 is 11.3 Å². The van der Waals surface area contributed by atoms with E-state index in [1.165, 1.54) is 19.9 Å². The average molecular weight is 325 g/mol. The number of nitrogens with one attached hydrogen (secondary N) is 1. The van der Waals surface area contributed by atoms with Gasteiger partial charge in [-0.1, -0.05) is 0 Å². The largest absolute Gasteiger partial charge is 0.396 e. The Morgan fingerprint density at radius 3 is 2.71 bits per heavy atom. The van der Waals surface area contributed by atoms with E-state index < -0.39 is 15.8 Å². The third kappa shape index (κ3) is 2.70. The second-order valence-corrected chi connectivity index (χ2v) is 6.96. The van der Waals surface area contributed by atoms with Crippen molar-refractivity contribution in [2.75, 3.05) is 10.5 Å². The number of hydrogen-bond acceptors (Lipinski definition) is 5. The van der Waals surface area contributed by atoms with Gasteiger partial charge >= 0.3 is 0 Å². The number of benzene rings is 1. The van der Waals surface area contributed by atoms with Gasteiger partial charge in [-0.25, -0.2) is 12.8 Å². The molecule has 0 amide bonds. The molecule has 0 spiro atoms. The predicted molar refractivity (Wildman–Crippen MR) is 80.1 cm³/mol. The van der Waals surface area contributed by atoms with Crippen molar-refractivity contribution in [3.05, 3.63) is 40.0 Å². The summed E-state index contributed by atoms with van der Waals surface area (Å²) in [5.74, 6) is -0.655. The van der Waals surface area contributed by atoms with Gasteiger partial charge < -0.3 is 5.73 Å². The molecule has 0 unspecified atom stereocenters. The summed E-state index contributed by atoms with van der Waals surface area (Å²) in [4.78, 5) is -0.0707. The molecular formula is C13H12FN3O2S2. The molecule has 5 nitrogen and oxygen atoms in total. The van der Waals surface area contributed by atoms with E-state index in [1.807, 2.05) is 6.07 Å². The summed E-state index contributed by atoms with van der Waals surface area (Å²) in [5, 5.41) is 10.7. The summed E-state index contributed by atoms with van der Waals surface area (Å²) in [6.45, 7) is 2.93. The van der Waals surface area contributed by atoms with Crippen LogP contribution in [-0.2, 0) is 10.0 Å². The van der Waals surface area contributed by atoms with Crippen molar-refractivity contribution in [2.45, 2.75) is 18.7 Å². The van der Waals surface area contributed by atoms with Gasteiger partial charge in [0.05, 0.1) is 16.1 Å². The zero-order chi connectivity index (χ0) is 15.8. The zero-order valence-electron chi connectivity index (χ0n) is 11.3. The molecule has 21 heavy (non-hydrogen) atoms. The molecule has 1 heterocycles. The number of aryl methyl sites for hydroxylation is 1. The van der Waals surface area contributed by atoms with E-state index in [4.69, 9.17) is 11.0 Å². The maximum absolute atomic E-state index is 13.5. The smallest absolute Gasteiger partial charge is 0.263 e. The summed E-state index contributed by atoms with van der Waals surface area (Å²) < 4.78 is 40.8. The molecule has 2 aromatic rings. The van der Waals surface area contributed by atoms with Crippen molar-refractivity contribution in [3.63, 3.8) is 0 Å². The molecule has 0 bridgehead atoms. The van der Waals surface area contributed by atoms with Gasteiger partial charge in [-0.15, -0.1) is 11.3 Å². The van der Waals surface area contributed by atoms with Crippen molar-refractivity contribution in [2.24, 2.45) is 0 Å². The highest BCUT2D eigenvalue weighted by atomic mass is 32.2. The monoisotopic (exact) mass is 325 g/mol. The minimum absolute atomic E-state index is 0.0707. The van der Waals surface area contributed by atoms with Crippen LogP contribution in [0, 0.1) is 31.0 Å². The fraction of sp³-hybridized carbons (Fsp3) is 0.154.